The number of benzene rings is 1. The third-order valence-electron chi connectivity index (χ3n) is 4.18. The van der Waals surface area contributed by atoms with Crippen LogP contribution in [0.1, 0.15) is 35.2 Å². The summed E-state index contributed by atoms with van der Waals surface area (Å²) in [7, 11) is 0. The van der Waals surface area contributed by atoms with Crippen molar-refractivity contribution in [2.45, 2.75) is 25.2 Å². The van der Waals surface area contributed by atoms with Crippen LogP contribution in [0.5, 0.6) is 0 Å². The Morgan fingerprint density at radius 3 is 2.78 bits per heavy atom. The Morgan fingerprint density at radius 2 is 1.96 bits per heavy atom. The molecule has 4 rings (SSSR count). The smallest absolute Gasteiger partial charge is 0.226 e. The van der Waals surface area contributed by atoms with Crippen molar-refractivity contribution in [3.63, 3.8) is 0 Å². The van der Waals surface area contributed by atoms with Gasteiger partial charge in [-0.25, -0.2) is 9.97 Å². The molecule has 23 heavy (non-hydrogen) atoms. The average Bonchev–Trinajstić information content (AvgIpc) is 3.05. The van der Waals surface area contributed by atoms with Gasteiger partial charge in [-0.2, -0.15) is 5.26 Å². The van der Waals surface area contributed by atoms with Gasteiger partial charge in [0.1, 0.15) is 11.8 Å². The van der Waals surface area contributed by atoms with Crippen LogP contribution in [0.3, 0.4) is 0 Å². The number of hydrogen-bond acceptors (Lipinski definition) is 5. The SMILES string of the molecule is N#Cc1nccnc1C1CCc2oc(-c3ccccc3)nc2C1. The Morgan fingerprint density at radius 1 is 1.13 bits per heavy atom. The highest BCUT2D eigenvalue weighted by molar-refractivity contribution is 5.53. The molecule has 0 fully saturated rings. The second-order valence-corrected chi connectivity index (χ2v) is 5.60. The number of rotatable bonds is 2. The van der Waals surface area contributed by atoms with Crippen molar-refractivity contribution in [2.75, 3.05) is 0 Å². The number of nitrogens with zero attached hydrogens (tertiary/aromatic N) is 4. The average molecular weight is 302 g/mol. The normalized spacial score (nSPS) is 16.6. The molecular weight excluding hydrogens is 288 g/mol. The van der Waals surface area contributed by atoms with E-state index in [0.29, 0.717) is 11.6 Å². The minimum atomic E-state index is 0.166. The lowest BCUT2D eigenvalue weighted by molar-refractivity contribution is 0.460. The molecule has 0 radical (unpaired) electrons. The predicted molar refractivity (Wildman–Crippen MR) is 83.5 cm³/mol. The monoisotopic (exact) mass is 302 g/mol. The maximum Gasteiger partial charge on any atom is 0.226 e. The van der Waals surface area contributed by atoms with Crippen LogP contribution < -0.4 is 0 Å². The second-order valence-electron chi connectivity index (χ2n) is 5.60. The van der Waals surface area contributed by atoms with Crippen molar-refractivity contribution in [3.8, 4) is 17.5 Å². The van der Waals surface area contributed by atoms with Crippen molar-refractivity contribution in [1.29, 1.82) is 5.26 Å². The topological polar surface area (TPSA) is 75.6 Å². The fraction of sp³-hybridized carbons (Fsp3) is 0.222. The minimum Gasteiger partial charge on any atom is -0.441 e. The van der Waals surface area contributed by atoms with Crippen LogP contribution in [-0.4, -0.2) is 15.0 Å². The first-order valence-electron chi connectivity index (χ1n) is 7.60. The van der Waals surface area contributed by atoms with Gasteiger partial charge in [0.25, 0.3) is 0 Å². The predicted octanol–water partition coefficient (Wildman–Crippen LogP) is 3.28. The number of oxazole rings is 1. The van der Waals surface area contributed by atoms with Gasteiger partial charge in [0.2, 0.25) is 5.89 Å². The molecule has 5 nitrogen and oxygen atoms in total. The summed E-state index contributed by atoms with van der Waals surface area (Å²) in [6.45, 7) is 0. The lowest BCUT2D eigenvalue weighted by Crippen LogP contribution is -2.15. The van der Waals surface area contributed by atoms with E-state index in [0.717, 1.165) is 42.0 Å². The maximum atomic E-state index is 9.21. The van der Waals surface area contributed by atoms with Crippen LogP contribution in [-0.2, 0) is 12.8 Å². The number of fused-ring (bicyclic) bond motifs is 1. The molecule has 0 bridgehead atoms. The van der Waals surface area contributed by atoms with E-state index in [1.165, 1.54) is 0 Å². The van der Waals surface area contributed by atoms with Gasteiger partial charge in [0, 0.05) is 36.7 Å². The summed E-state index contributed by atoms with van der Waals surface area (Å²) in [6, 6.07) is 12.0. The Bertz CT molecular complexity index is 880. The van der Waals surface area contributed by atoms with Crippen molar-refractivity contribution in [3.05, 3.63) is 65.6 Å². The number of hydrogen-bond donors (Lipinski definition) is 0. The van der Waals surface area contributed by atoms with Crippen molar-refractivity contribution in [2.24, 2.45) is 0 Å². The van der Waals surface area contributed by atoms with Gasteiger partial charge in [0.05, 0.1) is 11.4 Å². The van der Waals surface area contributed by atoms with E-state index >= 15 is 0 Å². The number of nitriles is 1. The van der Waals surface area contributed by atoms with Crippen LogP contribution >= 0.6 is 0 Å². The highest BCUT2D eigenvalue weighted by Gasteiger charge is 2.28. The zero-order valence-electron chi connectivity index (χ0n) is 12.4. The fourth-order valence-corrected chi connectivity index (χ4v) is 3.05. The fourth-order valence-electron chi connectivity index (χ4n) is 3.05. The van der Waals surface area contributed by atoms with E-state index < -0.39 is 0 Å². The summed E-state index contributed by atoms with van der Waals surface area (Å²) in [4.78, 5) is 13.1. The summed E-state index contributed by atoms with van der Waals surface area (Å²) >= 11 is 0. The minimum absolute atomic E-state index is 0.166. The maximum absolute atomic E-state index is 9.21. The molecule has 3 aromatic rings. The van der Waals surface area contributed by atoms with Gasteiger partial charge < -0.3 is 4.42 Å². The summed E-state index contributed by atoms with van der Waals surface area (Å²) in [6.07, 6.45) is 5.63. The van der Waals surface area contributed by atoms with Gasteiger partial charge in [-0.05, 0) is 18.6 Å². The number of aryl methyl sites for hydroxylation is 1. The first kappa shape index (κ1) is 13.6. The van der Waals surface area contributed by atoms with E-state index in [9.17, 15) is 5.26 Å². The lowest BCUT2D eigenvalue weighted by atomic mass is 9.87. The zero-order valence-corrected chi connectivity index (χ0v) is 12.4. The molecule has 0 saturated carbocycles. The van der Waals surface area contributed by atoms with E-state index in [2.05, 4.69) is 21.0 Å². The van der Waals surface area contributed by atoms with Crippen LogP contribution in [0.2, 0.25) is 0 Å². The number of aromatic nitrogens is 3. The first-order valence-corrected chi connectivity index (χ1v) is 7.60. The molecule has 0 aliphatic heterocycles. The van der Waals surface area contributed by atoms with E-state index in [1.54, 1.807) is 12.4 Å². The van der Waals surface area contributed by atoms with Gasteiger partial charge in [-0.15, -0.1) is 0 Å². The summed E-state index contributed by atoms with van der Waals surface area (Å²) in [5.74, 6) is 1.78. The molecule has 1 aliphatic carbocycles. The largest absolute Gasteiger partial charge is 0.441 e. The molecular formula is C18H14N4O. The molecule has 1 unspecified atom stereocenters. The Hall–Kier alpha value is -3.00. The molecule has 0 spiro atoms. The molecule has 5 heteroatoms. The van der Waals surface area contributed by atoms with E-state index in [-0.39, 0.29) is 5.92 Å². The molecule has 0 N–H and O–H groups in total. The van der Waals surface area contributed by atoms with E-state index in [4.69, 9.17) is 4.42 Å². The summed E-state index contributed by atoms with van der Waals surface area (Å²) < 4.78 is 5.92. The van der Waals surface area contributed by atoms with Crippen molar-refractivity contribution >= 4 is 0 Å². The van der Waals surface area contributed by atoms with Gasteiger partial charge in [-0.3, -0.25) is 4.98 Å². The van der Waals surface area contributed by atoms with Gasteiger partial charge in [0.15, 0.2) is 5.69 Å². The van der Waals surface area contributed by atoms with E-state index in [1.807, 2.05) is 30.3 Å². The quantitative estimate of drug-likeness (QED) is 0.726. The van der Waals surface area contributed by atoms with Crippen molar-refractivity contribution < 1.29 is 4.42 Å². The molecule has 0 saturated heterocycles. The van der Waals surface area contributed by atoms with Crippen LogP contribution in [0.4, 0.5) is 0 Å². The molecule has 112 valence electrons. The Labute approximate surface area is 133 Å². The molecule has 1 aliphatic rings. The standard InChI is InChI=1S/C18H14N4O/c19-11-15-17(21-9-8-20-15)13-6-7-16-14(10-13)22-18(23-16)12-4-2-1-3-5-12/h1-5,8-9,13H,6-7,10H2. The molecule has 1 aromatic carbocycles. The third kappa shape index (κ3) is 2.49. The lowest BCUT2D eigenvalue weighted by Gasteiger charge is -2.19. The Kier molecular flexibility index (Phi) is 3.35. The van der Waals surface area contributed by atoms with Crippen LogP contribution in [0.15, 0.2) is 47.1 Å². The highest BCUT2D eigenvalue weighted by Crippen LogP contribution is 2.34. The van der Waals surface area contributed by atoms with Gasteiger partial charge >= 0.3 is 0 Å². The molecule has 0 amide bonds. The molecule has 2 heterocycles. The molecule has 1 atom stereocenters. The molecule has 2 aromatic heterocycles. The summed E-state index contributed by atoms with van der Waals surface area (Å²) in [5.41, 5.74) is 3.13. The van der Waals surface area contributed by atoms with Crippen LogP contribution in [0.25, 0.3) is 11.5 Å². The Balaban J connectivity index is 1.65. The van der Waals surface area contributed by atoms with Gasteiger partial charge in [-0.1, -0.05) is 18.2 Å². The zero-order chi connectivity index (χ0) is 15.6. The van der Waals surface area contributed by atoms with Crippen LogP contribution in [0, 0.1) is 11.3 Å². The second kappa shape index (κ2) is 5.65. The highest BCUT2D eigenvalue weighted by atomic mass is 16.4. The first-order chi connectivity index (χ1) is 11.3. The third-order valence-corrected chi connectivity index (χ3v) is 4.18. The summed E-state index contributed by atoms with van der Waals surface area (Å²) in [5, 5.41) is 9.21. The van der Waals surface area contributed by atoms with Crippen molar-refractivity contribution in [1.82, 2.24) is 15.0 Å².